The normalized spacial score (nSPS) is 5.46. The second kappa shape index (κ2) is 15.0. The van der Waals surface area contributed by atoms with Gasteiger partial charge in [-0.2, -0.15) is 0 Å². The van der Waals surface area contributed by atoms with Gasteiger partial charge in [0.05, 0.1) is 27.1 Å². The molecule has 0 atom stereocenters. The van der Waals surface area contributed by atoms with Crippen molar-refractivity contribution in [3.05, 3.63) is 0 Å². The second-order valence-electron chi connectivity index (χ2n) is 4.64. The Kier molecular flexibility index (Phi) is 12.2. The quantitative estimate of drug-likeness (QED) is 0.378. The molecule has 0 bridgehead atoms. The van der Waals surface area contributed by atoms with Crippen LogP contribution in [-0.4, -0.2) is 25.6 Å². The van der Waals surface area contributed by atoms with Crippen LogP contribution in [0.1, 0.15) is 31.4 Å². The molecule has 0 aromatic carbocycles. The number of rotatable bonds is 0. The summed E-state index contributed by atoms with van der Waals surface area (Å²) in [4.78, 5) is 0. The van der Waals surface area contributed by atoms with E-state index < -0.39 is 0 Å². The minimum atomic E-state index is 0. The summed E-state index contributed by atoms with van der Waals surface area (Å²) in [5.41, 5.74) is 0. The van der Waals surface area contributed by atoms with Crippen molar-refractivity contribution in [1.29, 1.82) is 0 Å². The standard InChI is InChI=1S/C25H10N.22H2/c1-5-6-7-8-9-10-11-12-13-14-15-16-17-18-19-20-21-22-23-24-25-26(2,3)4;;;;;;;;;;;;;;;;;;;;;;/h1H,2-4H3;22*1H/q+1;;;;;;;;;;;;;;;;;;;;;;. The Morgan fingerprint density at radius 2 is 0.654 bits per heavy atom. The molecule has 0 spiro atoms. The Morgan fingerprint density at radius 3 is 0.885 bits per heavy atom. The van der Waals surface area contributed by atoms with Crippen LogP contribution in [-0.2, 0) is 0 Å². The smallest absolute Gasteiger partial charge is 0.150 e. The van der Waals surface area contributed by atoms with Crippen molar-refractivity contribution in [1.82, 2.24) is 0 Å². The van der Waals surface area contributed by atoms with Crippen LogP contribution in [0.25, 0.3) is 0 Å². The molecule has 0 heterocycles. The maximum atomic E-state index is 4.92. The van der Waals surface area contributed by atoms with Crippen molar-refractivity contribution in [2.24, 2.45) is 0 Å². The second-order valence-corrected chi connectivity index (χ2v) is 4.64. The summed E-state index contributed by atoms with van der Waals surface area (Å²) in [7, 11) is 5.84. The van der Waals surface area contributed by atoms with Crippen LogP contribution in [0.5, 0.6) is 0 Å². The number of hydrogen-bond donors (Lipinski definition) is 0. The third kappa shape index (κ3) is 19.1. The van der Waals surface area contributed by atoms with Gasteiger partial charge in [0.25, 0.3) is 0 Å². The molecule has 0 saturated carbocycles. The SMILES string of the molecule is C#CC#CC#CC#CC#CC#CC#CC#CC#CC#CC#C[N+](C)(C)C.[HH].[HH].[HH].[HH].[HH].[HH].[HH].[HH].[HH].[HH].[HH].[HH].[HH].[HH].[HH].[HH].[HH].[HH].[HH].[HH].[HH].[HH]. The van der Waals surface area contributed by atoms with Crippen LogP contribution < -0.4 is 0 Å². The molecular weight excluding hydrogens is 314 g/mol. The summed E-state index contributed by atoms with van der Waals surface area (Å²) in [6, 6.07) is 2.91. The van der Waals surface area contributed by atoms with Gasteiger partial charge in [-0.1, -0.05) is 0 Å². The molecule has 26 heavy (non-hydrogen) atoms. The van der Waals surface area contributed by atoms with Crippen LogP contribution in [0.4, 0.5) is 0 Å². The summed E-state index contributed by atoms with van der Waals surface area (Å²) in [6.07, 6.45) is 4.92. The Balaban J connectivity index is -0.0000000135. The van der Waals surface area contributed by atoms with Crippen molar-refractivity contribution < 1.29 is 35.9 Å². The predicted molar refractivity (Wildman–Crippen MR) is 151 cm³/mol. The van der Waals surface area contributed by atoms with E-state index >= 15 is 0 Å². The highest BCUT2D eigenvalue weighted by atomic mass is 15.3. The lowest BCUT2D eigenvalue weighted by Gasteiger charge is -2.11. The lowest BCUT2D eigenvalue weighted by atomic mass is 10.4. The summed E-state index contributed by atoms with van der Waals surface area (Å²) < 4.78 is 0.520. The first-order valence-corrected chi connectivity index (χ1v) is 6.85. The molecule has 0 radical (unpaired) electrons. The Morgan fingerprint density at radius 1 is 0.423 bits per heavy atom. The molecule has 0 amide bonds. The lowest BCUT2D eigenvalue weighted by molar-refractivity contribution is -0.800. The minimum absolute atomic E-state index is 0. The van der Waals surface area contributed by atoms with Gasteiger partial charge < -0.3 is 0 Å². The molecule has 0 rings (SSSR count). The molecular formula is C25H54N+. The van der Waals surface area contributed by atoms with E-state index in [-0.39, 0.29) is 31.4 Å². The van der Waals surface area contributed by atoms with Crippen molar-refractivity contribution in [3.8, 4) is 131 Å². The highest BCUT2D eigenvalue weighted by Gasteiger charge is 1.97. The van der Waals surface area contributed by atoms with Crippen LogP contribution in [0.3, 0.4) is 0 Å². The fourth-order valence-electron chi connectivity index (χ4n) is 0.763. The van der Waals surface area contributed by atoms with E-state index in [2.05, 4.69) is 124 Å². The average molecular weight is 369 g/mol. The topological polar surface area (TPSA) is 0 Å². The number of nitrogens with zero attached hydrogens (tertiary/aromatic N) is 1. The average Bonchev–Trinajstić information content (AvgIpc) is 2.59. The van der Waals surface area contributed by atoms with E-state index in [4.69, 9.17) is 6.42 Å². The molecule has 0 aromatic rings. The molecule has 0 fully saturated rings. The number of quaternary nitrogens is 1. The van der Waals surface area contributed by atoms with Gasteiger partial charge in [-0.05, 0) is 47.4 Å². The maximum absolute atomic E-state index is 4.92. The summed E-state index contributed by atoms with van der Waals surface area (Å²) in [5.74, 6) is 49.8. The fraction of sp³-hybridized carbons (Fsp3) is 0.120. The summed E-state index contributed by atoms with van der Waals surface area (Å²) in [6.45, 7) is 0. The van der Waals surface area contributed by atoms with Gasteiger partial charge in [-0.15, -0.1) is 6.42 Å². The first-order valence-electron chi connectivity index (χ1n) is 6.85. The van der Waals surface area contributed by atoms with Gasteiger partial charge in [0.2, 0.25) is 0 Å². The van der Waals surface area contributed by atoms with E-state index in [1.54, 1.807) is 0 Å². The summed E-state index contributed by atoms with van der Waals surface area (Å²) in [5, 5.41) is 0. The minimum Gasteiger partial charge on any atom is -0.253 e. The molecule has 0 unspecified atom stereocenters. The summed E-state index contributed by atoms with van der Waals surface area (Å²) >= 11 is 0. The molecule has 0 saturated heterocycles. The van der Waals surface area contributed by atoms with Gasteiger partial charge >= 0.3 is 0 Å². The Labute approximate surface area is 189 Å². The highest BCUT2D eigenvalue weighted by Crippen LogP contribution is 1.81. The van der Waals surface area contributed by atoms with E-state index in [1.165, 1.54) is 0 Å². The van der Waals surface area contributed by atoms with Gasteiger partial charge in [-0.3, -0.25) is 4.48 Å². The molecule has 1 heteroatoms. The van der Waals surface area contributed by atoms with E-state index in [1.807, 2.05) is 21.1 Å². The zero-order chi connectivity index (χ0) is 19.3. The first kappa shape index (κ1) is 21.1. The van der Waals surface area contributed by atoms with Gasteiger partial charge in [-0.25, -0.2) is 0 Å². The predicted octanol–water partition coefficient (Wildman–Crippen LogP) is 5.73. The molecule has 0 N–H and O–H groups in total. The largest absolute Gasteiger partial charge is 0.253 e. The number of hydrogen-bond acceptors (Lipinski definition) is 0. The molecule has 158 valence electrons. The highest BCUT2D eigenvalue weighted by molar-refractivity contribution is 5.47. The molecule has 0 aliphatic carbocycles. The zero-order valence-corrected chi connectivity index (χ0v) is 14.5. The monoisotopic (exact) mass is 368 g/mol. The first-order chi connectivity index (χ1) is 12.6. The van der Waals surface area contributed by atoms with Crippen molar-refractivity contribution >= 4 is 0 Å². The lowest BCUT2D eigenvalue weighted by Crippen LogP contribution is -2.27. The van der Waals surface area contributed by atoms with Gasteiger partial charge in [0.15, 0.2) is 6.04 Å². The zero-order valence-electron chi connectivity index (χ0n) is 14.5. The number of terminal acetylenes is 1. The fourth-order valence-corrected chi connectivity index (χ4v) is 0.763. The van der Waals surface area contributed by atoms with Crippen LogP contribution in [0.2, 0.25) is 0 Å². The van der Waals surface area contributed by atoms with E-state index in [9.17, 15) is 0 Å². The molecule has 0 aliphatic rings. The third-order valence-electron chi connectivity index (χ3n) is 1.59. The molecule has 1 nitrogen and oxygen atoms in total. The van der Waals surface area contributed by atoms with Crippen LogP contribution in [0, 0.1) is 131 Å². The van der Waals surface area contributed by atoms with Crippen LogP contribution in [0.15, 0.2) is 0 Å². The van der Waals surface area contributed by atoms with Crippen molar-refractivity contribution in [3.63, 3.8) is 0 Å². The van der Waals surface area contributed by atoms with Crippen molar-refractivity contribution in [2.45, 2.75) is 0 Å². The maximum Gasteiger partial charge on any atom is 0.150 e. The Bertz CT molecular complexity index is 1250. The van der Waals surface area contributed by atoms with E-state index in [0.717, 1.165) is 0 Å². The van der Waals surface area contributed by atoms with Crippen molar-refractivity contribution in [2.75, 3.05) is 21.1 Å². The molecule has 0 aliphatic heterocycles. The molecule has 0 aromatic heterocycles. The van der Waals surface area contributed by atoms with E-state index in [0.29, 0.717) is 4.48 Å². The van der Waals surface area contributed by atoms with Gasteiger partial charge in [0, 0.05) is 96.5 Å². The Hall–Kier alpha value is -4.88. The third-order valence-corrected chi connectivity index (χ3v) is 1.59. The van der Waals surface area contributed by atoms with Crippen LogP contribution >= 0.6 is 0 Å². The van der Waals surface area contributed by atoms with Gasteiger partial charge in [0.1, 0.15) is 0 Å².